The quantitative estimate of drug-likeness (QED) is 0.727. The molecule has 0 aromatic rings. The van der Waals surface area contributed by atoms with Crippen molar-refractivity contribution in [3.63, 3.8) is 0 Å². The van der Waals surface area contributed by atoms with Gasteiger partial charge < -0.3 is 5.32 Å². The molecule has 15 heavy (non-hydrogen) atoms. The van der Waals surface area contributed by atoms with Gasteiger partial charge in [0, 0.05) is 6.04 Å². The zero-order valence-corrected chi connectivity index (χ0v) is 10.4. The fourth-order valence-corrected chi connectivity index (χ4v) is 4.06. The molecule has 4 heteroatoms. The number of hydrogen-bond donors (Lipinski definition) is 1. The second-order valence-electron chi connectivity index (χ2n) is 4.49. The normalized spacial score (nSPS) is 26.4. The van der Waals surface area contributed by atoms with Crippen LogP contribution in [0.3, 0.4) is 0 Å². The van der Waals surface area contributed by atoms with Crippen molar-refractivity contribution < 1.29 is 8.42 Å². The van der Waals surface area contributed by atoms with Crippen LogP contribution < -0.4 is 5.32 Å². The monoisotopic (exact) mass is 231 g/mol. The first-order valence-electron chi connectivity index (χ1n) is 5.53. The third-order valence-electron chi connectivity index (χ3n) is 2.87. The predicted octanol–water partition coefficient (Wildman–Crippen LogP) is 1.37. The smallest absolute Gasteiger partial charge is 0.150 e. The molecule has 1 rings (SSSR count). The fraction of sp³-hybridized carbons (Fsp3) is 0.818. The van der Waals surface area contributed by atoms with Crippen LogP contribution in [0.25, 0.3) is 0 Å². The zero-order valence-electron chi connectivity index (χ0n) is 9.62. The van der Waals surface area contributed by atoms with E-state index in [1.165, 1.54) is 0 Å². The molecule has 2 unspecified atom stereocenters. The Balaban J connectivity index is 2.61. The van der Waals surface area contributed by atoms with E-state index in [0.29, 0.717) is 11.5 Å². The van der Waals surface area contributed by atoms with Gasteiger partial charge in [-0.05, 0) is 32.2 Å². The Morgan fingerprint density at radius 2 is 2.27 bits per heavy atom. The van der Waals surface area contributed by atoms with Crippen LogP contribution >= 0.6 is 0 Å². The highest BCUT2D eigenvalue weighted by molar-refractivity contribution is 7.91. The molecule has 2 atom stereocenters. The average molecular weight is 231 g/mol. The standard InChI is InChI=1S/C11H21NO2S/c1-4-12-11(7-9(2)3)10-5-6-15(13,14)8-10/h10-12H,2,4-8H2,1,3H3. The molecule has 0 aromatic carbocycles. The van der Waals surface area contributed by atoms with Crippen molar-refractivity contribution in [2.24, 2.45) is 5.92 Å². The van der Waals surface area contributed by atoms with Gasteiger partial charge >= 0.3 is 0 Å². The lowest BCUT2D eigenvalue weighted by molar-refractivity contribution is 0.385. The van der Waals surface area contributed by atoms with E-state index in [1.807, 2.05) is 6.92 Å². The first kappa shape index (κ1) is 12.7. The van der Waals surface area contributed by atoms with Gasteiger partial charge in [-0.25, -0.2) is 8.42 Å². The topological polar surface area (TPSA) is 46.2 Å². The number of nitrogens with one attached hydrogen (secondary N) is 1. The lowest BCUT2D eigenvalue weighted by atomic mass is 9.94. The molecule has 88 valence electrons. The summed E-state index contributed by atoms with van der Waals surface area (Å²) in [4.78, 5) is 0. The van der Waals surface area contributed by atoms with Crippen LogP contribution in [0.2, 0.25) is 0 Å². The third-order valence-corrected chi connectivity index (χ3v) is 4.67. The highest BCUT2D eigenvalue weighted by Crippen LogP contribution is 2.24. The molecular formula is C11H21NO2S. The maximum atomic E-state index is 11.4. The van der Waals surface area contributed by atoms with Crippen molar-refractivity contribution in [3.8, 4) is 0 Å². The van der Waals surface area contributed by atoms with Crippen LogP contribution in [0, 0.1) is 5.92 Å². The van der Waals surface area contributed by atoms with Crippen molar-refractivity contribution in [1.29, 1.82) is 0 Å². The fourth-order valence-electron chi connectivity index (χ4n) is 2.18. The Kier molecular flexibility index (Phi) is 4.34. The van der Waals surface area contributed by atoms with E-state index in [2.05, 4.69) is 18.8 Å². The highest BCUT2D eigenvalue weighted by Gasteiger charge is 2.32. The summed E-state index contributed by atoms with van der Waals surface area (Å²) in [7, 11) is -2.76. The van der Waals surface area contributed by atoms with Crippen molar-refractivity contribution in [2.45, 2.75) is 32.7 Å². The van der Waals surface area contributed by atoms with E-state index in [1.54, 1.807) is 0 Å². The molecule has 0 amide bonds. The van der Waals surface area contributed by atoms with E-state index in [9.17, 15) is 8.42 Å². The molecule has 0 saturated carbocycles. The van der Waals surface area contributed by atoms with Gasteiger partial charge in [0.1, 0.15) is 0 Å². The lowest BCUT2D eigenvalue weighted by Gasteiger charge is -2.23. The summed E-state index contributed by atoms with van der Waals surface area (Å²) in [5, 5.41) is 3.37. The molecule has 0 bridgehead atoms. The summed E-state index contributed by atoms with van der Waals surface area (Å²) in [6.07, 6.45) is 1.68. The van der Waals surface area contributed by atoms with Gasteiger partial charge in [-0.2, -0.15) is 0 Å². The largest absolute Gasteiger partial charge is 0.314 e. The van der Waals surface area contributed by atoms with Gasteiger partial charge in [0.25, 0.3) is 0 Å². The molecule has 0 aromatic heterocycles. The van der Waals surface area contributed by atoms with Crippen molar-refractivity contribution in [2.75, 3.05) is 18.1 Å². The number of sulfone groups is 1. The second-order valence-corrected chi connectivity index (χ2v) is 6.72. The summed E-state index contributed by atoms with van der Waals surface area (Å²) in [6, 6.07) is 0.282. The second kappa shape index (κ2) is 5.12. The van der Waals surface area contributed by atoms with Gasteiger partial charge in [-0.1, -0.05) is 12.5 Å². The minimum Gasteiger partial charge on any atom is -0.314 e. The third kappa shape index (κ3) is 3.95. The SMILES string of the molecule is C=C(C)CC(NCC)C1CCS(=O)(=O)C1. The minimum absolute atomic E-state index is 0.270. The van der Waals surface area contributed by atoms with Gasteiger partial charge in [-0.3, -0.25) is 0 Å². The van der Waals surface area contributed by atoms with Gasteiger partial charge in [0.15, 0.2) is 9.84 Å². The summed E-state index contributed by atoms with van der Waals surface area (Å²) < 4.78 is 22.8. The summed E-state index contributed by atoms with van der Waals surface area (Å²) >= 11 is 0. The van der Waals surface area contributed by atoms with Crippen molar-refractivity contribution >= 4 is 9.84 Å². The maximum Gasteiger partial charge on any atom is 0.150 e. The molecule has 0 aliphatic carbocycles. The van der Waals surface area contributed by atoms with E-state index in [0.717, 1.165) is 25.0 Å². The van der Waals surface area contributed by atoms with Gasteiger partial charge in [0.2, 0.25) is 0 Å². The van der Waals surface area contributed by atoms with Crippen LogP contribution in [-0.4, -0.2) is 32.5 Å². The van der Waals surface area contributed by atoms with E-state index in [-0.39, 0.29) is 12.0 Å². The molecule has 1 aliphatic rings. The molecule has 3 nitrogen and oxygen atoms in total. The van der Waals surface area contributed by atoms with Crippen molar-refractivity contribution in [1.82, 2.24) is 5.32 Å². The van der Waals surface area contributed by atoms with E-state index >= 15 is 0 Å². The summed E-state index contributed by atoms with van der Waals surface area (Å²) in [6.45, 7) is 8.82. The zero-order chi connectivity index (χ0) is 11.5. The van der Waals surface area contributed by atoms with Crippen LogP contribution in [0.5, 0.6) is 0 Å². The molecule has 1 saturated heterocycles. The highest BCUT2D eigenvalue weighted by atomic mass is 32.2. The minimum atomic E-state index is -2.76. The predicted molar refractivity (Wildman–Crippen MR) is 63.7 cm³/mol. The van der Waals surface area contributed by atoms with Gasteiger partial charge in [-0.15, -0.1) is 6.58 Å². The van der Waals surface area contributed by atoms with Crippen molar-refractivity contribution in [3.05, 3.63) is 12.2 Å². The number of rotatable bonds is 5. The maximum absolute atomic E-state index is 11.4. The molecular weight excluding hydrogens is 210 g/mol. The Labute approximate surface area is 92.9 Å². The Morgan fingerprint density at radius 1 is 1.60 bits per heavy atom. The van der Waals surface area contributed by atoms with E-state index < -0.39 is 9.84 Å². The lowest BCUT2D eigenvalue weighted by Crippen LogP contribution is -2.37. The van der Waals surface area contributed by atoms with Crippen LogP contribution in [0.1, 0.15) is 26.7 Å². The summed E-state index contributed by atoms with van der Waals surface area (Å²) in [5.74, 6) is 0.972. The molecule has 1 N–H and O–H groups in total. The Bertz CT molecular complexity index is 321. The molecule has 0 radical (unpaired) electrons. The molecule has 1 heterocycles. The van der Waals surface area contributed by atoms with Crippen LogP contribution in [-0.2, 0) is 9.84 Å². The number of hydrogen-bond acceptors (Lipinski definition) is 3. The first-order chi connectivity index (χ1) is 6.94. The van der Waals surface area contributed by atoms with E-state index in [4.69, 9.17) is 0 Å². The first-order valence-corrected chi connectivity index (χ1v) is 7.35. The molecule has 1 fully saturated rings. The summed E-state index contributed by atoms with van der Waals surface area (Å²) in [5.41, 5.74) is 1.12. The molecule has 0 spiro atoms. The van der Waals surface area contributed by atoms with Gasteiger partial charge in [0.05, 0.1) is 11.5 Å². The van der Waals surface area contributed by atoms with Crippen LogP contribution in [0.15, 0.2) is 12.2 Å². The Hall–Kier alpha value is -0.350. The average Bonchev–Trinajstić information content (AvgIpc) is 2.44. The van der Waals surface area contributed by atoms with Crippen LogP contribution in [0.4, 0.5) is 0 Å². The molecule has 1 aliphatic heterocycles. The Morgan fingerprint density at radius 3 is 2.67 bits per heavy atom.